The van der Waals surface area contributed by atoms with Gasteiger partial charge in [0.05, 0.1) is 0 Å². The van der Waals surface area contributed by atoms with E-state index in [0.29, 0.717) is 18.3 Å². The number of rotatable bonds is 3. The molecule has 206 valence electrons. The quantitative estimate of drug-likeness (QED) is 0.438. The van der Waals surface area contributed by atoms with Crippen LogP contribution in [0.4, 0.5) is 0 Å². The van der Waals surface area contributed by atoms with Gasteiger partial charge in [0.1, 0.15) is 5.60 Å². The maximum absolute atomic E-state index is 12.3. The first-order valence-corrected chi connectivity index (χ1v) is 15.4. The van der Waals surface area contributed by atoms with Crippen LogP contribution in [-0.4, -0.2) is 27.9 Å². The second kappa shape index (κ2) is 9.86. The molecule has 1 aliphatic heterocycles. The van der Waals surface area contributed by atoms with E-state index in [1.165, 1.54) is 33.4 Å². The molecule has 40 heavy (non-hydrogen) atoms. The van der Waals surface area contributed by atoms with Crippen LogP contribution in [0.1, 0.15) is 87.0 Å². The number of benzene rings is 2. The third-order valence-electron chi connectivity index (χ3n) is 11.2. The van der Waals surface area contributed by atoms with Crippen molar-refractivity contribution in [2.45, 2.75) is 89.8 Å². The van der Waals surface area contributed by atoms with Crippen molar-refractivity contribution in [3.63, 3.8) is 0 Å². The minimum atomic E-state index is -0.927. The van der Waals surface area contributed by atoms with Gasteiger partial charge in [0.25, 0.3) is 0 Å². The van der Waals surface area contributed by atoms with Gasteiger partial charge in [-0.05, 0) is 103 Å². The van der Waals surface area contributed by atoms with Gasteiger partial charge >= 0.3 is 0 Å². The number of nitrogens with zero attached hydrogens (tertiary/aromatic N) is 1. The summed E-state index contributed by atoms with van der Waals surface area (Å²) in [6, 6.07) is 18.2. The highest BCUT2D eigenvalue weighted by molar-refractivity contribution is 5.93. The number of fused-ring (bicyclic) bond motifs is 5. The van der Waals surface area contributed by atoms with Crippen molar-refractivity contribution in [2.24, 2.45) is 17.3 Å². The summed E-state index contributed by atoms with van der Waals surface area (Å²) in [6.07, 6.45) is 9.37. The molecule has 2 aromatic rings. The van der Waals surface area contributed by atoms with Crippen molar-refractivity contribution < 1.29 is 9.90 Å². The lowest BCUT2D eigenvalue weighted by molar-refractivity contribution is -0.114. The van der Waals surface area contributed by atoms with E-state index in [0.717, 1.165) is 64.6 Å². The van der Waals surface area contributed by atoms with Crippen LogP contribution in [0.5, 0.6) is 0 Å². The summed E-state index contributed by atoms with van der Waals surface area (Å²) in [6.45, 7) is 7.27. The van der Waals surface area contributed by atoms with Gasteiger partial charge in [0, 0.05) is 37.4 Å². The number of hydrogen-bond acceptors (Lipinski definition) is 3. The van der Waals surface area contributed by atoms with E-state index in [-0.39, 0.29) is 17.1 Å². The summed E-state index contributed by atoms with van der Waals surface area (Å²) < 4.78 is 0. The lowest BCUT2D eigenvalue weighted by atomic mass is 9.51. The Bertz CT molecular complexity index is 1470. The molecule has 0 spiro atoms. The van der Waals surface area contributed by atoms with Gasteiger partial charge in [0.15, 0.2) is 5.78 Å². The predicted octanol–water partition coefficient (Wildman–Crippen LogP) is 6.90. The van der Waals surface area contributed by atoms with E-state index in [9.17, 15) is 9.90 Å². The second-order valence-corrected chi connectivity index (χ2v) is 13.2. The van der Waals surface area contributed by atoms with Crippen molar-refractivity contribution in [2.75, 3.05) is 6.54 Å². The van der Waals surface area contributed by atoms with Crippen LogP contribution in [-0.2, 0) is 24.3 Å². The number of allylic oxidation sites excluding steroid dienone is 4. The minimum Gasteiger partial charge on any atom is -0.377 e. The fourth-order valence-electron chi connectivity index (χ4n) is 9.18. The van der Waals surface area contributed by atoms with Crippen molar-refractivity contribution in [3.8, 4) is 11.8 Å². The molecular weight excluding hydrogens is 490 g/mol. The molecule has 4 aliphatic carbocycles. The monoisotopic (exact) mass is 531 g/mol. The number of carbonyl (C=O) groups is 1. The van der Waals surface area contributed by atoms with Gasteiger partial charge in [-0.15, -0.1) is 5.92 Å². The minimum absolute atomic E-state index is 0.235. The lowest BCUT2D eigenvalue weighted by Gasteiger charge is -2.53. The molecule has 2 saturated carbocycles. The summed E-state index contributed by atoms with van der Waals surface area (Å²) in [4.78, 5) is 14.9. The molecule has 1 heterocycles. The molecule has 5 aliphatic rings. The van der Waals surface area contributed by atoms with Gasteiger partial charge in [-0.1, -0.05) is 66.9 Å². The normalized spacial score (nSPS) is 33.2. The third-order valence-corrected chi connectivity index (χ3v) is 11.2. The van der Waals surface area contributed by atoms with Gasteiger partial charge < -0.3 is 5.11 Å². The van der Waals surface area contributed by atoms with Gasteiger partial charge in [-0.3, -0.25) is 9.69 Å². The van der Waals surface area contributed by atoms with Crippen LogP contribution >= 0.6 is 0 Å². The third kappa shape index (κ3) is 4.15. The molecular formula is C37H41NO2. The molecule has 3 nitrogen and oxygen atoms in total. The number of aliphatic hydroxyl groups is 1. The van der Waals surface area contributed by atoms with Gasteiger partial charge in [-0.2, -0.15) is 0 Å². The van der Waals surface area contributed by atoms with Crippen LogP contribution in [0.15, 0.2) is 71.3 Å². The Morgan fingerprint density at radius 3 is 2.60 bits per heavy atom. The van der Waals surface area contributed by atoms with Crippen LogP contribution < -0.4 is 0 Å². The zero-order valence-corrected chi connectivity index (χ0v) is 24.0. The summed E-state index contributed by atoms with van der Waals surface area (Å²) in [5.41, 5.74) is 8.85. The summed E-state index contributed by atoms with van der Waals surface area (Å²) in [5.74, 6) is 7.81. The summed E-state index contributed by atoms with van der Waals surface area (Å²) in [5, 5.41) is 11.9. The van der Waals surface area contributed by atoms with Crippen LogP contribution in [0, 0.1) is 29.1 Å². The fourth-order valence-corrected chi connectivity index (χ4v) is 9.18. The number of carbonyl (C=O) groups excluding carboxylic acids is 1. The number of ketones is 1. The first-order chi connectivity index (χ1) is 19.4. The zero-order chi connectivity index (χ0) is 27.5. The Balaban J connectivity index is 1.22. The molecule has 5 atom stereocenters. The van der Waals surface area contributed by atoms with Crippen molar-refractivity contribution >= 4 is 5.78 Å². The van der Waals surface area contributed by atoms with Gasteiger partial charge in [-0.25, -0.2) is 0 Å². The molecule has 1 N–H and O–H groups in total. The standard InChI is InChI=1S/C37H41NO2/c1-3-18-37(40)19-16-34-32-14-12-28-21-30(39)13-15-31(28)35(32)33(22-36(34,37)2)27-10-8-25(9-11-27)23-38-20-17-26-6-4-5-7-29(26)24-38/h4-11,21,32-34,40H,12-17,19-20,22-24H2,1-2H3/t32-,33+,34-,36-,37-/m0/s1. The van der Waals surface area contributed by atoms with Crippen molar-refractivity contribution in [3.05, 3.63) is 93.6 Å². The fraction of sp³-hybridized carbons (Fsp3) is 0.486. The van der Waals surface area contributed by atoms with E-state index >= 15 is 0 Å². The molecule has 7 rings (SSSR count). The molecule has 0 saturated heterocycles. The van der Waals surface area contributed by atoms with E-state index in [1.54, 1.807) is 5.57 Å². The molecule has 0 aromatic heterocycles. The average molecular weight is 532 g/mol. The molecule has 2 fully saturated rings. The second-order valence-electron chi connectivity index (χ2n) is 13.2. The highest BCUT2D eigenvalue weighted by Crippen LogP contribution is 2.66. The van der Waals surface area contributed by atoms with E-state index in [2.05, 4.69) is 72.2 Å². The first kappa shape index (κ1) is 26.0. The Morgan fingerprint density at radius 1 is 1.00 bits per heavy atom. The van der Waals surface area contributed by atoms with Crippen LogP contribution in [0.3, 0.4) is 0 Å². The highest BCUT2D eigenvalue weighted by atomic mass is 16.3. The van der Waals surface area contributed by atoms with Crippen LogP contribution in [0.25, 0.3) is 0 Å². The van der Waals surface area contributed by atoms with Crippen molar-refractivity contribution in [1.29, 1.82) is 0 Å². The summed E-state index contributed by atoms with van der Waals surface area (Å²) in [7, 11) is 0. The first-order valence-electron chi connectivity index (χ1n) is 15.4. The maximum Gasteiger partial charge on any atom is 0.156 e. The Labute approximate surface area is 239 Å². The maximum atomic E-state index is 12.3. The molecule has 0 bridgehead atoms. The molecule has 0 radical (unpaired) electrons. The van der Waals surface area contributed by atoms with Gasteiger partial charge in [0.2, 0.25) is 0 Å². The largest absolute Gasteiger partial charge is 0.377 e. The molecule has 0 amide bonds. The average Bonchev–Trinajstić information content (AvgIpc) is 3.22. The van der Waals surface area contributed by atoms with E-state index in [1.807, 2.05) is 13.0 Å². The van der Waals surface area contributed by atoms with Crippen LogP contribution in [0.2, 0.25) is 0 Å². The smallest absolute Gasteiger partial charge is 0.156 e. The zero-order valence-electron chi connectivity index (χ0n) is 24.0. The van der Waals surface area contributed by atoms with Crippen molar-refractivity contribution in [1.82, 2.24) is 4.90 Å². The van der Waals surface area contributed by atoms with E-state index in [4.69, 9.17) is 0 Å². The number of hydrogen-bond donors (Lipinski definition) is 1. The molecule has 3 heteroatoms. The topological polar surface area (TPSA) is 40.5 Å². The SMILES string of the molecule is CC#C[C@]1(O)CC[C@H]2[C@@H]3CCC4=CC(=O)CCC4=C3[C@@H](c3ccc(CN4CCc5ccccc5C4)cc3)C[C@@]21C. The Hall–Kier alpha value is -2.93. The Morgan fingerprint density at radius 2 is 1.80 bits per heavy atom. The Kier molecular flexibility index (Phi) is 6.41. The highest BCUT2D eigenvalue weighted by Gasteiger charge is 2.62. The lowest BCUT2D eigenvalue weighted by Crippen LogP contribution is -2.51. The summed E-state index contributed by atoms with van der Waals surface area (Å²) >= 11 is 0. The predicted molar refractivity (Wildman–Crippen MR) is 159 cm³/mol. The van der Waals surface area contributed by atoms with E-state index < -0.39 is 5.60 Å². The molecule has 2 aromatic carbocycles. The molecule has 0 unspecified atom stereocenters.